The van der Waals surface area contributed by atoms with E-state index in [9.17, 15) is 0 Å². The lowest BCUT2D eigenvalue weighted by molar-refractivity contribution is 0.555. The second-order valence-electron chi connectivity index (χ2n) is 4.68. The number of nitrogens with zero attached hydrogens (tertiary/aromatic N) is 1. The normalized spacial score (nSPS) is 21.6. The highest BCUT2D eigenvalue weighted by atomic mass is 32.1. The van der Waals surface area contributed by atoms with Crippen molar-refractivity contribution in [2.45, 2.75) is 32.6 Å². The molecule has 18 heavy (non-hydrogen) atoms. The lowest BCUT2D eigenvalue weighted by Crippen LogP contribution is -2.27. The number of hydrazone groups is 1. The number of anilines is 1. The van der Waals surface area contributed by atoms with Crippen LogP contribution in [0.5, 0.6) is 0 Å². The average molecular weight is 261 g/mol. The lowest BCUT2D eigenvalue weighted by Gasteiger charge is -2.20. The summed E-state index contributed by atoms with van der Waals surface area (Å²) in [5, 5.41) is 8.08. The second-order valence-corrected chi connectivity index (χ2v) is 5.09. The summed E-state index contributed by atoms with van der Waals surface area (Å²) >= 11 is 5.21. The Hall–Kier alpha value is -1.42. The van der Waals surface area contributed by atoms with Crippen LogP contribution in [0.4, 0.5) is 5.69 Å². The molecule has 1 aliphatic carbocycles. The molecule has 4 heteroatoms. The molecule has 1 aromatic rings. The third-order valence-corrected chi connectivity index (χ3v) is 3.41. The van der Waals surface area contributed by atoms with Gasteiger partial charge in [-0.05, 0) is 49.5 Å². The van der Waals surface area contributed by atoms with E-state index in [1.54, 1.807) is 0 Å². The molecule has 1 fully saturated rings. The average Bonchev–Trinajstić information content (AvgIpc) is 2.39. The standard InChI is InChI=1S/C14H19N3S/c1-11-7-5-6-10-13(11)16-17-14(18)15-12-8-3-2-4-9-12/h2-4,8-9,11H,5-7,10H2,1H3,(H2,15,17,18)/b16-13-/t11-/m0/s1. The topological polar surface area (TPSA) is 36.4 Å². The van der Waals surface area contributed by atoms with Crippen molar-refractivity contribution >= 4 is 28.7 Å². The molecule has 0 heterocycles. The minimum Gasteiger partial charge on any atom is -0.331 e. The highest BCUT2D eigenvalue weighted by Gasteiger charge is 2.15. The molecular formula is C14H19N3S. The third kappa shape index (κ3) is 3.81. The Kier molecular flexibility index (Phi) is 4.70. The Morgan fingerprint density at radius 2 is 2.06 bits per heavy atom. The van der Waals surface area contributed by atoms with E-state index in [2.05, 4.69) is 22.8 Å². The van der Waals surface area contributed by atoms with E-state index >= 15 is 0 Å². The van der Waals surface area contributed by atoms with Crippen LogP contribution in [0.3, 0.4) is 0 Å². The Balaban J connectivity index is 1.86. The highest BCUT2D eigenvalue weighted by molar-refractivity contribution is 7.80. The lowest BCUT2D eigenvalue weighted by atomic mass is 9.89. The summed E-state index contributed by atoms with van der Waals surface area (Å²) in [5.74, 6) is 0.575. The van der Waals surface area contributed by atoms with Gasteiger partial charge in [-0.15, -0.1) is 0 Å². The van der Waals surface area contributed by atoms with Crippen molar-refractivity contribution < 1.29 is 0 Å². The first-order valence-electron chi connectivity index (χ1n) is 6.44. The van der Waals surface area contributed by atoms with Gasteiger partial charge in [0.2, 0.25) is 0 Å². The maximum Gasteiger partial charge on any atom is 0.191 e. The van der Waals surface area contributed by atoms with E-state index in [-0.39, 0.29) is 0 Å². The largest absolute Gasteiger partial charge is 0.331 e. The number of hydrogen-bond acceptors (Lipinski definition) is 2. The van der Waals surface area contributed by atoms with Gasteiger partial charge in [-0.2, -0.15) is 5.10 Å². The van der Waals surface area contributed by atoms with Crippen LogP contribution >= 0.6 is 12.2 Å². The van der Waals surface area contributed by atoms with Crippen LogP contribution < -0.4 is 10.7 Å². The smallest absolute Gasteiger partial charge is 0.191 e. The van der Waals surface area contributed by atoms with Crippen LogP contribution in [0, 0.1) is 5.92 Å². The molecule has 0 aliphatic heterocycles. The van der Waals surface area contributed by atoms with Gasteiger partial charge in [-0.25, -0.2) is 0 Å². The monoisotopic (exact) mass is 261 g/mol. The predicted octanol–water partition coefficient (Wildman–Crippen LogP) is 3.54. The minimum absolute atomic E-state index is 0.548. The zero-order valence-corrected chi connectivity index (χ0v) is 11.5. The SMILES string of the molecule is C[C@H]1CCCC/C1=N/NC(=S)Nc1ccccc1. The van der Waals surface area contributed by atoms with Crippen LogP contribution in [0.2, 0.25) is 0 Å². The molecule has 0 bridgehead atoms. The zero-order chi connectivity index (χ0) is 12.8. The first kappa shape index (κ1) is 13.0. The Morgan fingerprint density at radius 3 is 2.78 bits per heavy atom. The van der Waals surface area contributed by atoms with Crippen molar-refractivity contribution in [2.75, 3.05) is 5.32 Å². The van der Waals surface area contributed by atoms with Crippen molar-refractivity contribution in [1.29, 1.82) is 0 Å². The number of rotatable bonds is 2. The molecule has 96 valence electrons. The molecule has 1 aliphatic rings. The Labute approximate surface area is 114 Å². The molecular weight excluding hydrogens is 242 g/mol. The van der Waals surface area contributed by atoms with Gasteiger partial charge in [-0.3, -0.25) is 5.43 Å². The summed E-state index contributed by atoms with van der Waals surface area (Å²) in [7, 11) is 0. The van der Waals surface area contributed by atoms with Crippen LogP contribution in [0.15, 0.2) is 35.4 Å². The van der Waals surface area contributed by atoms with Crippen LogP contribution in [-0.2, 0) is 0 Å². The fourth-order valence-electron chi connectivity index (χ4n) is 2.14. The van der Waals surface area contributed by atoms with E-state index < -0.39 is 0 Å². The van der Waals surface area contributed by atoms with Gasteiger partial charge in [0.1, 0.15) is 0 Å². The van der Waals surface area contributed by atoms with E-state index in [4.69, 9.17) is 12.2 Å². The second kappa shape index (κ2) is 6.50. The van der Waals surface area contributed by atoms with Crippen molar-refractivity contribution in [3.8, 4) is 0 Å². The van der Waals surface area contributed by atoms with Gasteiger partial charge in [0.05, 0.1) is 0 Å². The number of nitrogens with one attached hydrogen (secondary N) is 2. The molecule has 1 atom stereocenters. The molecule has 2 rings (SSSR count). The van der Waals surface area contributed by atoms with E-state index in [0.29, 0.717) is 11.0 Å². The molecule has 0 unspecified atom stereocenters. The Morgan fingerprint density at radius 1 is 1.28 bits per heavy atom. The van der Waals surface area contributed by atoms with Crippen molar-refractivity contribution in [3.63, 3.8) is 0 Å². The summed E-state index contributed by atoms with van der Waals surface area (Å²) in [5.41, 5.74) is 5.15. The molecule has 0 saturated heterocycles. The number of benzene rings is 1. The number of thiocarbonyl (C=S) groups is 1. The minimum atomic E-state index is 0.548. The van der Waals surface area contributed by atoms with Gasteiger partial charge in [0.15, 0.2) is 5.11 Å². The summed E-state index contributed by atoms with van der Waals surface area (Å²) in [6.45, 7) is 2.23. The van der Waals surface area contributed by atoms with Crippen LogP contribution in [0.25, 0.3) is 0 Å². The highest BCUT2D eigenvalue weighted by Crippen LogP contribution is 2.20. The summed E-state index contributed by atoms with van der Waals surface area (Å²) in [4.78, 5) is 0. The molecule has 0 spiro atoms. The van der Waals surface area contributed by atoms with Crippen molar-refractivity contribution in [2.24, 2.45) is 11.0 Å². The van der Waals surface area contributed by atoms with Crippen LogP contribution in [0.1, 0.15) is 32.6 Å². The molecule has 0 aromatic heterocycles. The van der Waals surface area contributed by atoms with Crippen molar-refractivity contribution in [1.82, 2.24) is 5.43 Å². The fraction of sp³-hybridized carbons (Fsp3) is 0.429. The number of para-hydroxylation sites is 1. The molecule has 3 nitrogen and oxygen atoms in total. The number of hydrogen-bond donors (Lipinski definition) is 2. The van der Waals surface area contributed by atoms with E-state index in [0.717, 1.165) is 12.1 Å². The first-order valence-corrected chi connectivity index (χ1v) is 6.85. The van der Waals surface area contributed by atoms with E-state index in [1.807, 2.05) is 30.3 Å². The molecule has 1 saturated carbocycles. The summed E-state index contributed by atoms with van der Waals surface area (Å²) in [6, 6.07) is 9.88. The van der Waals surface area contributed by atoms with Crippen molar-refractivity contribution in [3.05, 3.63) is 30.3 Å². The Bertz CT molecular complexity index is 428. The van der Waals surface area contributed by atoms with Gasteiger partial charge >= 0.3 is 0 Å². The summed E-state index contributed by atoms with van der Waals surface area (Å²) in [6.07, 6.45) is 4.87. The first-order chi connectivity index (χ1) is 8.75. The fourth-order valence-corrected chi connectivity index (χ4v) is 2.30. The van der Waals surface area contributed by atoms with Crippen LogP contribution in [-0.4, -0.2) is 10.8 Å². The zero-order valence-electron chi connectivity index (χ0n) is 10.6. The molecule has 0 amide bonds. The molecule has 0 radical (unpaired) electrons. The van der Waals surface area contributed by atoms with E-state index in [1.165, 1.54) is 25.0 Å². The van der Waals surface area contributed by atoms with Gasteiger partial charge in [0, 0.05) is 11.4 Å². The maximum atomic E-state index is 5.21. The molecule has 1 aromatic carbocycles. The third-order valence-electron chi connectivity index (χ3n) is 3.22. The molecule has 2 N–H and O–H groups in total. The predicted molar refractivity (Wildman–Crippen MR) is 80.9 cm³/mol. The van der Waals surface area contributed by atoms with Gasteiger partial charge in [-0.1, -0.05) is 31.5 Å². The quantitative estimate of drug-likeness (QED) is 0.631. The van der Waals surface area contributed by atoms with Gasteiger partial charge in [0.25, 0.3) is 0 Å². The maximum absolute atomic E-state index is 5.21. The summed E-state index contributed by atoms with van der Waals surface area (Å²) < 4.78 is 0. The van der Waals surface area contributed by atoms with Gasteiger partial charge < -0.3 is 5.32 Å².